The summed E-state index contributed by atoms with van der Waals surface area (Å²) in [4.78, 5) is 11.3. The Morgan fingerprint density at radius 1 is 1.18 bits per heavy atom. The molecule has 0 saturated heterocycles. The Balaban J connectivity index is 3.29. The van der Waals surface area contributed by atoms with E-state index in [1.165, 1.54) is 0 Å². The number of unbranched alkanes of at least 4 members (excludes halogenated alkanes) is 3. The van der Waals surface area contributed by atoms with Crippen molar-refractivity contribution in [3.63, 3.8) is 0 Å². The zero-order valence-corrected chi connectivity index (χ0v) is 12.6. The van der Waals surface area contributed by atoms with Gasteiger partial charge in [-0.1, -0.05) is 32.5 Å². The van der Waals surface area contributed by atoms with E-state index >= 15 is 0 Å². The highest BCUT2D eigenvalue weighted by molar-refractivity contribution is 6.76. The van der Waals surface area contributed by atoms with Gasteiger partial charge in [0.05, 0.1) is 6.61 Å². The summed E-state index contributed by atoms with van der Waals surface area (Å²) >= 11 is 0. The Kier molecular flexibility index (Phi) is 9.17. The Labute approximate surface area is 106 Å². The molecule has 102 valence electrons. The lowest BCUT2D eigenvalue weighted by Gasteiger charge is -2.15. The molecule has 0 heterocycles. The van der Waals surface area contributed by atoms with Gasteiger partial charge in [0, 0.05) is 14.6 Å². The van der Waals surface area contributed by atoms with Gasteiger partial charge < -0.3 is 15.8 Å². The van der Waals surface area contributed by atoms with Gasteiger partial charge in [-0.15, -0.1) is 0 Å². The highest BCUT2D eigenvalue weighted by Crippen LogP contribution is 2.07. The van der Waals surface area contributed by atoms with Gasteiger partial charge in [-0.05, 0) is 25.4 Å². The average Bonchev–Trinajstić information content (AvgIpc) is 2.21. The van der Waals surface area contributed by atoms with Crippen molar-refractivity contribution in [2.45, 2.75) is 51.4 Å². The van der Waals surface area contributed by atoms with Crippen LogP contribution in [0, 0.1) is 0 Å². The molecule has 0 rings (SSSR count). The van der Waals surface area contributed by atoms with Crippen LogP contribution < -0.4 is 11.1 Å². The minimum atomic E-state index is -1.09. The molecule has 3 N–H and O–H groups in total. The predicted octanol–water partition coefficient (Wildman–Crippen LogP) is 2.57. The minimum Gasteiger partial charge on any atom is -0.450 e. The van der Waals surface area contributed by atoms with Crippen molar-refractivity contribution >= 4 is 14.2 Å². The van der Waals surface area contributed by atoms with Crippen LogP contribution in [0.5, 0.6) is 0 Å². The number of ether oxygens (including phenoxy) is 1. The maximum absolute atomic E-state index is 11.3. The summed E-state index contributed by atoms with van der Waals surface area (Å²) in [6.07, 6.45) is 4.06. The number of carbonyl (C=O) groups excluding carboxylic acids is 1. The first kappa shape index (κ1) is 16.4. The topological polar surface area (TPSA) is 64.3 Å². The molecule has 0 aromatic carbocycles. The van der Waals surface area contributed by atoms with Gasteiger partial charge >= 0.3 is 6.09 Å². The molecule has 1 amide bonds. The standard InChI is InChI=1S/C12H28N2O2Si/c1-17(2,3)11-10-16-12(15)14-9-7-5-4-6-8-13/h4-11,13H2,1-3H3,(H,14,15). The van der Waals surface area contributed by atoms with E-state index in [1.807, 2.05) is 0 Å². The second kappa shape index (κ2) is 9.47. The lowest BCUT2D eigenvalue weighted by Crippen LogP contribution is -2.28. The number of nitrogens with two attached hydrogens (primary N) is 1. The fourth-order valence-electron chi connectivity index (χ4n) is 1.31. The van der Waals surface area contributed by atoms with E-state index in [0.29, 0.717) is 13.2 Å². The van der Waals surface area contributed by atoms with Crippen LogP contribution in [0.15, 0.2) is 0 Å². The van der Waals surface area contributed by atoms with Gasteiger partial charge in [-0.2, -0.15) is 0 Å². The summed E-state index contributed by atoms with van der Waals surface area (Å²) in [6.45, 7) is 8.82. The van der Waals surface area contributed by atoms with Crippen LogP contribution in [-0.4, -0.2) is 33.9 Å². The molecule has 0 bridgehead atoms. The molecule has 0 aliphatic heterocycles. The van der Waals surface area contributed by atoms with E-state index < -0.39 is 8.07 Å². The maximum Gasteiger partial charge on any atom is 0.407 e. The first-order valence-electron chi connectivity index (χ1n) is 6.56. The Morgan fingerprint density at radius 3 is 2.41 bits per heavy atom. The van der Waals surface area contributed by atoms with Crippen molar-refractivity contribution < 1.29 is 9.53 Å². The van der Waals surface area contributed by atoms with Crippen molar-refractivity contribution in [1.82, 2.24) is 5.32 Å². The lowest BCUT2D eigenvalue weighted by atomic mass is 10.2. The van der Waals surface area contributed by atoms with Crippen LogP contribution >= 0.6 is 0 Å². The van der Waals surface area contributed by atoms with Crippen LogP contribution in [0.1, 0.15) is 25.7 Å². The van der Waals surface area contributed by atoms with Gasteiger partial charge in [0.2, 0.25) is 0 Å². The zero-order chi connectivity index (χ0) is 13.1. The second-order valence-corrected chi connectivity index (χ2v) is 11.2. The molecule has 4 nitrogen and oxygen atoms in total. The molecule has 0 spiro atoms. The first-order chi connectivity index (χ1) is 7.95. The summed E-state index contributed by atoms with van der Waals surface area (Å²) in [6, 6.07) is 1.02. The van der Waals surface area contributed by atoms with E-state index in [2.05, 4.69) is 25.0 Å². The van der Waals surface area contributed by atoms with Crippen molar-refractivity contribution in [3.05, 3.63) is 0 Å². The van der Waals surface area contributed by atoms with Crippen LogP contribution in [0.2, 0.25) is 25.7 Å². The highest BCUT2D eigenvalue weighted by Gasteiger charge is 2.13. The Bertz CT molecular complexity index is 205. The number of hydrogen-bond acceptors (Lipinski definition) is 3. The van der Waals surface area contributed by atoms with Crippen LogP contribution in [0.25, 0.3) is 0 Å². The maximum atomic E-state index is 11.3. The summed E-state index contributed by atoms with van der Waals surface area (Å²) in [7, 11) is -1.09. The average molecular weight is 260 g/mol. The number of hydrogen-bond donors (Lipinski definition) is 2. The monoisotopic (exact) mass is 260 g/mol. The number of rotatable bonds is 9. The van der Waals surface area contributed by atoms with Gasteiger partial charge in [-0.25, -0.2) is 4.79 Å². The van der Waals surface area contributed by atoms with Gasteiger partial charge in [0.1, 0.15) is 0 Å². The molecule has 17 heavy (non-hydrogen) atoms. The lowest BCUT2D eigenvalue weighted by molar-refractivity contribution is 0.151. The number of amides is 1. The van der Waals surface area contributed by atoms with Crippen LogP contribution in [0.3, 0.4) is 0 Å². The third kappa shape index (κ3) is 13.4. The van der Waals surface area contributed by atoms with Gasteiger partial charge in [0.25, 0.3) is 0 Å². The molecular weight excluding hydrogens is 232 g/mol. The van der Waals surface area contributed by atoms with Crippen molar-refractivity contribution in [2.75, 3.05) is 19.7 Å². The Hall–Kier alpha value is -0.553. The SMILES string of the molecule is C[Si](C)(C)CCOC(=O)NCCCCCCN. The molecule has 0 aromatic rings. The van der Waals surface area contributed by atoms with Crippen molar-refractivity contribution in [1.29, 1.82) is 0 Å². The summed E-state index contributed by atoms with van der Waals surface area (Å²) in [5.41, 5.74) is 5.39. The molecule has 0 atom stereocenters. The van der Waals surface area contributed by atoms with Crippen LogP contribution in [-0.2, 0) is 4.74 Å². The van der Waals surface area contributed by atoms with E-state index in [0.717, 1.165) is 38.3 Å². The first-order valence-corrected chi connectivity index (χ1v) is 10.3. The van der Waals surface area contributed by atoms with Crippen LogP contribution in [0.4, 0.5) is 4.79 Å². The van der Waals surface area contributed by atoms with E-state index in [4.69, 9.17) is 10.5 Å². The number of nitrogens with one attached hydrogen (secondary N) is 1. The van der Waals surface area contributed by atoms with Gasteiger partial charge in [-0.3, -0.25) is 0 Å². The molecule has 0 radical (unpaired) electrons. The largest absolute Gasteiger partial charge is 0.450 e. The molecular formula is C12H28N2O2Si. The molecule has 0 aliphatic carbocycles. The summed E-state index contributed by atoms with van der Waals surface area (Å²) in [5.74, 6) is 0. The summed E-state index contributed by atoms with van der Waals surface area (Å²) in [5, 5.41) is 2.77. The fourth-order valence-corrected chi connectivity index (χ4v) is 2.03. The van der Waals surface area contributed by atoms with E-state index in [-0.39, 0.29) is 6.09 Å². The molecule has 0 saturated carbocycles. The third-order valence-corrected chi connectivity index (χ3v) is 4.19. The quantitative estimate of drug-likeness (QED) is 0.495. The number of carbonyl (C=O) groups is 1. The van der Waals surface area contributed by atoms with E-state index in [1.54, 1.807) is 0 Å². The highest BCUT2D eigenvalue weighted by atomic mass is 28.3. The molecule has 5 heteroatoms. The van der Waals surface area contributed by atoms with Crippen molar-refractivity contribution in [2.24, 2.45) is 5.73 Å². The Morgan fingerprint density at radius 2 is 1.82 bits per heavy atom. The molecule has 0 aromatic heterocycles. The molecule has 0 unspecified atom stereocenters. The second-order valence-electron chi connectivity index (χ2n) is 5.58. The van der Waals surface area contributed by atoms with Crippen molar-refractivity contribution in [3.8, 4) is 0 Å². The normalized spacial score (nSPS) is 11.3. The molecule has 0 fully saturated rings. The minimum absolute atomic E-state index is 0.276. The number of alkyl carbamates (subject to hydrolysis) is 1. The fraction of sp³-hybridized carbons (Fsp3) is 0.917. The van der Waals surface area contributed by atoms with Gasteiger partial charge in [0.15, 0.2) is 0 Å². The third-order valence-electron chi connectivity index (χ3n) is 2.49. The van der Waals surface area contributed by atoms with E-state index in [9.17, 15) is 4.79 Å². The zero-order valence-electron chi connectivity index (χ0n) is 11.6. The molecule has 0 aliphatic rings. The summed E-state index contributed by atoms with van der Waals surface area (Å²) < 4.78 is 5.11. The predicted molar refractivity (Wildman–Crippen MR) is 75.0 cm³/mol. The smallest absolute Gasteiger partial charge is 0.407 e.